The molecular formula is C32H35BrClN3O2. The fraction of sp³-hybridized carbons (Fsp3) is 0.312. The second kappa shape index (κ2) is 14.9. The number of amides is 3. The van der Waals surface area contributed by atoms with Crippen LogP contribution in [-0.4, -0.2) is 23.4 Å². The summed E-state index contributed by atoms with van der Waals surface area (Å²) in [4.78, 5) is 28.0. The van der Waals surface area contributed by atoms with E-state index in [2.05, 4.69) is 44.8 Å². The molecule has 3 amide bonds. The molecule has 1 heterocycles. The number of carbonyl (C=O) groups excluding carboxylic acids is 2. The van der Waals surface area contributed by atoms with Crippen molar-refractivity contribution >= 4 is 45.2 Å². The van der Waals surface area contributed by atoms with Crippen LogP contribution in [0.1, 0.15) is 62.1 Å². The van der Waals surface area contributed by atoms with Crippen LogP contribution in [0.4, 0.5) is 10.5 Å². The lowest BCUT2D eigenvalue weighted by atomic mass is 9.95. The summed E-state index contributed by atoms with van der Waals surface area (Å²) in [6.45, 7) is 1.44. The molecule has 204 valence electrons. The number of nitrogens with zero attached hydrogens (tertiary/aromatic N) is 1. The van der Waals surface area contributed by atoms with Crippen LogP contribution in [0.15, 0.2) is 95.0 Å². The van der Waals surface area contributed by atoms with Crippen molar-refractivity contribution in [1.82, 2.24) is 10.2 Å². The maximum absolute atomic E-state index is 13.2. The molecule has 0 fully saturated rings. The largest absolute Gasteiger partial charge is 0.338 e. The molecule has 39 heavy (non-hydrogen) atoms. The van der Waals surface area contributed by atoms with Gasteiger partial charge in [-0.1, -0.05) is 81.6 Å². The molecule has 1 aliphatic rings. The molecular weight excluding hydrogens is 574 g/mol. The number of carbonyl (C=O) groups is 2. The van der Waals surface area contributed by atoms with Crippen LogP contribution in [-0.2, 0) is 11.3 Å². The van der Waals surface area contributed by atoms with E-state index >= 15 is 0 Å². The van der Waals surface area contributed by atoms with Crippen LogP contribution in [0.3, 0.4) is 0 Å². The van der Waals surface area contributed by atoms with E-state index in [1.54, 1.807) is 24.3 Å². The normalized spacial score (nSPS) is 16.6. The molecule has 3 aromatic rings. The first-order valence-corrected chi connectivity index (χ1v) is 14.7. The van der Waals surface area contributed by atoms with Crippen molar-refractivity contribution < 1.29 is 9.59 Å². The lowest BCUT2D eigenvalue weighted by molar-refractivity contribution is -0.131. The summed E-state index contributed by atoms with van der Waals surface area (Å²) in [5.74, 6) is 0.200. The Morgan fingerprint density at radius 2 is 1.69 bits per heavy atom. The summed E-state index contributed by atoms with van der Waals surface area (Å²) >= 11 is 9.45. The molecule has 1 unspecified atom stereocenters. The van der Waals surface area contributed by atoms with Crippen LogP contribution < -0.4 is 10.6 Å². The lowest BCUT2D eigenvalue weighted by Gasteiger charge is -2.25. The number of nitrogens with one attached hydrogen (secondary N) is 2. The Bertz CT molecular complexity index is 1250. The highest BCUT2D eigenvalue weighted by Crippen LogP contribution is 2.25. The van der Waals surface area contributed by atoms with Gasteiger partial charge in [0.1, 0.15) is 0 Å². The lowest BCUT2D eigenvalue weighted by Crippen LogP contribution is -2.33. The van der Waals surface area contributed by atoms with E-state index in [9.17, 15) is 9.59 Å². The van der Waals surface area contributed by atoms with Crippen molar-refractivity contribution in [2.45, 2.75) is 57.5 Å². The zero-order chi connectivity index (χ0) is 27.5. The molecule has 0 radical (unpaired) electrons. The number of rotatable bonds is 8. The zero-order valence-electron chi connectivity index (χ0n) is 22.0. The molecule has 0 saturated heterocycles. The maximum atomic E-state index is 13.2. The molecule has 0 spiro atoms. The average Bonchev–Trinajstić information content (AvgIpc) is 2.95. The zero-order valence-corrected chi connectivity index (χ0v) is 24.4. The quantitative estimate of drug-likeness (QED) is 0.251. The van der Waals surface area contributed by atoms with Gasteiger partial charge in [0.2, 0.25) is 5.91 Å². The summed E-state index contributed by atoms with van der Waals surface area (Å²) < 4.78 is 1.04. The van der Waals surface area contributed by atoms with Crippen LogP contribution in [0.25, 0.3) is 0 Å². The van der Waals surface area contributed by atoms with Gasteiger partial charge in [0.05, 0.1) is 6.04 Å². The molecule has 0 aliphatic carbocycles. The van der Waals surface area contributed by atoms with Gasteiger partial charge in [-0.15, -0.1) is 0 Å². The van der Waals surface area contributed by atoms with Gasteiger partial charge in [0, 0.05) is 34.7 Å². The molecule has 2 N–H and O–H groups in total. The van der Waals surface area contributed by atoms with Gasteiger partial charge in [-0.2, -0.15) is 0 Å². The molecule has 7 heteroatoms. The molecule has 1 atom stereocenters. The van der Waals surface area contributed by atoms with Crippen LogP contribution in [0.2, 0.25) is 5.02 Å². The first-order valence-electron chi connectivity index (χ1n) is 13.5. The summed E-state index contributed by atoms with van der Waals surface area (Å²) in [5.41, 5.74) is 4.17. The van der Waals surface area contributed by atoms with E-state index in [1.807, 2.05) is 47.4 Å². The van der Waals surface area contributed by atoms with E-state index in [0.717, 1.165) is 60.7 Å². The Morgan fingerprint density at radius 1 is 0.949 bits per heavy atom. The molecule has 4 rings (SSSR count). The van der Waals surface area contributed by atoms with Crippen LogP contribution in [0.5, 0.6) is 0 Å². The number of benzene rings is 3. The second-order valence-electron chi connectivity index (χ2n) is 9.91. The third-order valence-corrected chi connectivity index (χ3v) is 7.76. The van der Waals surface area contributed by atoms with Crippen molar-refractivity contribution in [2.75, 3.05) is 11.9 Å². The van der Waals surface area contributed by atoms with Crippen molar-refractivity contribution in [3.8, 4) is 0 Å². The minimum atomic E-state index is -0.259. The minimum absolute atomic E-state index is 0.153. The topological polar surface area (TPSA) is 61.4 Å². The number of hydrogen-bond donors (Lipinski definition) is 2. The first kappa shape index (κ1) is 28.9. The highest BCUT2D eigenvalue weighted by Gasteiger charge is 2.18. The van der Waals surface area contributed by atoms with Crippen molar-refractivity contribution in [2.24, 2.45) is 0 Å². The number of halogens is 2. The number of urea groups is 1. The number of anilines is 1. The van der Waals surface area contributed by atoms with Crippen LogP contribution in [0, 0.1) is 0 Å². The smallest absolute Gasteiger partial charge is 0.319 e. The van der Waals surface area contributed by atoms with Gasteiger partial charge in [-0.3, -0.25) is 4.79 Å². The second-order valence-corrected chi connectivity index (χ2v) is 11.3. The molecule has 5 nitrogen and oxygen atoms in total. The highest BCUT2D eigenvalue weighted by molar-refractivity contribution is 9.10. The summed E-state index contributed by atoms with van der Waals surface area (Å²) in [6.07, 6.45) is 8.19. The minimum Gasteiger partial charge on any atom is -0.338 e. The fourth-order valence-corrected chi connectivity index (χ4v) is 5.20. The third kappa shape index (κ3) is 9.55. The molecule has 0 bridgehead atoms. The third-order valence-electron chi connectivity index (χ3n) is 6.98. The SMILES string of the molecule is O=C(Nc1ccc(Cl)cc1)NC(CC/C1=C/CCCCN(Cc2ccc(Br)cc2)C(=O)CC1)c1ccccc1. The van der Waals surface area contributed by atoms with E-state index < -0.39 is 0 Å². The van der Waals surface area contributed by atoms with E-state index in [4.69, 9.17) is 11.6 Å². The van der Waals surface area contributed by atoms with Gasteiger partial charge in [0.15, 0.2) is 0 Å². The number of hydrogen-bond acceptors (Lipinski definition) is 2. The van der Waals surface area contributed by atoms with Gasteiger partial charge < -0.3 is 15.5 Å². The first-order chi connectivity index (χ1) is 19.0. The molecule has 3 aromatic carbocycles. The molecule has 1 aliphatic heterocycles. The fourth-order valence-electron chi connectivity index (χ4n) is 4.81. The highest BCUT2D eigenvalue weighted by atomic mass is 79.9. The van der Waals surface area contributed by atoms with Crippen molar-refractivity contribution in [3.05, 3.63) is 111 Å². The predicted molar refractivity (Wildman–Crippen MR) is 163 cm³/mol. The van der Waals surface area contributed by atoms with Crippen molar-refractivity contribution in [1.29, 1.82) is 0 Å². The van der Waals surface area contributed by atoms with Gasteiger partial charge in [-0.05, 0) is 86.1 Å². The molecule has 0 aromatic heterocycles. The molecule has 0 saturated carbocycles. The summed E-state index contributed by atoms with van der Waals surface area (Å²) in [6, 6.07) is 24.9. The predicted octanol–water partition coefficient (Wildman–Crippen LogP) is 8.66. The maximum Gasteiger partial charge on any atom is 0.319 e. The Hall–Kier alpha value is -3.09. The Morgan fingerprint density at radius 3 is 2.44 bits per heavy atom. The Labute approximate surface area is 244 Å². The van der Waals surface area contributed by atoms with E-state index in [-0.39, 0.29) is 18.0 Å². The summed E-state index contributed by atoms with van der Waals surface area (Å²) in [7, 11) is 0. The standard InChI is InChI=1S/C32H35BrClN3O2/c33-27-14-10-25(11-15-27)23-37-22-6-2-3-7-24(13-21-31(37)38)12-20-30(26-8-4-1-5-9-26)36-32(39)35-29-18-16-28(34)17-19-29/h1,4-5,7-11,14-19,30H,2-3,6,12-13,20-23H2,(H2,35,36,39)/b24-7-. The van der Waals surface area contributed by atoms with Gasteiger partial charge in [0.25, 0.3) is 0 Å². The number of allylic oxidation sites excluding steroid dienone is 2. The average molecular weight is 609 g/mol. The van der Waals surface area contributed by atoms with E-state index in [1.165, 1.54) is 5.57 Å². The van der Waals surface area contributed by atoms with Gasteiger partial charge in [-0.25, -0.2) is 4.79 Å². The Balaban J connectivity index is 1.37. The van der Waals surface area contributed by atoms with Gasteiger partial charge >= 0.3 is 6.03 Å². The summed E-state index contributed by atoms with van der Waals surface area (Å²) in [5, 5.41) is 6.67. The van der Waals surface area contributed by atoms with Crippen molar-refractivity contribution in [3.63, 3.8) is 0 Å². The van der Waals surface area contributed by atoms with E-state index in [0.29, 0.717) is 23.7 Å². The van der Waals surface area contributed by atoms with Crippen LogP contribution >= 0.6 is 27.5 Å². The monoisotopic (exact) mass is 607 g/mol. The Kier molecular flexibility index (Phi) is 11.0.